The van der Waals surface area contributed by atoms with Gasteiger partial charge < -0.3 is 20.9 Å². The van der Waals surface area contributed by atoms with Crippen LogP contribution in [0.3, 0.4) is 0 Å². The number of nitrogens with one attached hydrogen (secondary N) is 2. The maximum absolute atomic E-state index is 13.7. The van der Waals surface area contributed by atoms with E-state index in [9.17, 15) is 22.8 Å². The highest BCUT2D eigenvalue weighted by Gasteiger charge is 2.42. The standard InChI is InChI=1S/C28H28F2N4O2.C7H7F/c1-14(2)10-21-24(27(31)35)23(25-26(33-21)15(3)32-28(25)36)18-5-7-22-17(12-18)8-9-34(22)13-16-4-6-19(29)20(30)11-16;1-6-2-4-7(8)5-3-6/h4-9,11-12,14-15,23,33H,10,13H2,1-3H3,(H2,31,35)(H,32,36);2-5H,1H3. The van der Waals surface area contributed by atoms with Gasteiger partial charge >= 0.3 is 0 Å². The number of nitrogens with two attached hydrogens (primary N) is 1. The van der Waals surface area contributed by atoms with Crippen LogP contribution < -0.4 is 16.4 Å². The van der Waals surface area contributed by atoms with Crippen LogP contribution >= 0.6 is 0 Å². The van der Waals surface area contributed by atoms with Crippen molar-refractivity contribution in [2.75, 3.05) is 0 Å². The lowest BCUT2D eigenvalue weighted by Gasteiger charge is -2.31. The fourth-order valence-electron chi connectivity index (χ4n) is 5.81. The van der Waals surface area contributed by atoms with Gasteiger partial charge in [-0.05, 0) is 85.2 Å². The second-order valence-corrected chi connectivity index (χ2v) is 11.7. The maximum atomic E-state index is 13.7. The topological polar surface area (TPSA) is 89.2 Å². The Morgan fingerprint density at radius 3 is 2.34 bits per heavy atom. The largest absolute Gasteiger partial charge is 0.366 e. The number of aryl methyl sites for hydroxylation is 1. The summed E-state index contributed by atoms with van der Waals surface area (Å²) in [6.45, 7) is 8.34. The first-order chi connectivity index (χ1) is 20.9. The van der Waals surface area contributed by atoms with Crippen molar-refractivity contribution in [3.63, 3.8) is 0 Å². The molecule has 6 rings (SSSR count). The Balaban J connectivity index is 0.000000418. The van der Waals surface area contributed by atoms with Crippen LogP contribution in [0, 0.1) is 30.3 Å². The van der Waals surface area contributed by atoms with Crippen LogP contribution in [0.2, 0.25) is 0 Å². The molecule has 2 unspecified atom stereocenters. The van der Waals surface area contributed by atoms with E-state index in [2.05, 4.69) is 24.5 Å². The molecule has 2 aliphatic rings. The Morgan fingerprint density at radius 1 is 0.977 bits per heavy atom. The average Bonchev–Trinajstić information content (AvgIpc) is 3.50. The average molecular weight is 601 g/mol. The molecule has 2 atom stereocenters. The molecule has 1 aromatic heterocycles. The molecule has 0 radical (unpaired) electrons. The molecule has 0 bridgehead atoms. The predicted molar refractivity (Wildman–Crippen MR) is 165 cm³/mol. The fourth-order valence-corrected chi connectivity index (χ4v) is 5.81. The number of hydrogen-bond acceptors (Lipinski definition) is 3. The first kappa shape index (κ1) is 30.7. The number of carbonyl (C=O) groups excluding carboxylic acids is 2. The van der Waals surface area contributed by atoms with Gasteiger partial charge in [-0.1, -0.05) is 43.7 Å². The van der Waals surface area contributed by atoms with Crippen LogP contribution in [0.15, 0.2) is 95.5 Å². The lowest BCUT2D eigenvalue weighted by atomic mass is 9.78. The molecule has 2 aliphatic heterocycles. The summed E-state index contributed by atoms with van der Waals surface area (Å²) in [5.41, 5.74) is 11.8. The molecule has 0 saturated carbocycles. The van der Waals surface area contributed by atoms with Crippen molar-refractivity contribution in [2.24, 2.45) is 11.7 Å². The van der Waals surface area contributed by atoms with Crippen LogP contribution in [-0.4, -0.2) is 22.4 Å². The third-order valence-electron chi connectivity index (χ3n) is 7.86. The van der Waals surface area contributed by atoms with E-state index in [0.717, 1.165) is 39.5 Å². The summed E-state index contributed by atoms with van der Waals surface area (Å²) in [4.78, 5) is 25.7. The number of amides is 2. The molecule has 0 aliphatic carbocycles. The number of dihydropyridines is 1. The van der Waals surface area contributed by atoms with Gasteiger partial charge in [0.2, 0.25) is 5.91 Å². The Morgan fingerprint density at radius 2 is 1.70 bits per heavy atom. The number of nitrogens with zero attached hydrogens (tertiary/aromatic N) is 1. The Bertz CT molecular complexity index is 1780. The van der Waals surface area contributed by atoms with Crippen LogP contribution in [0.25, 0.3) is 10.9 Å². The SMILES string of the molecule is CC(C)CC1=C(C(N)=O)C(c2ccc3c(ccn3Cc3ccc(F)c(F)c3)c2)C2=C(N1)C(C)NC2=O.Cc1ccc(F)cc1. The van der Waals surface area contributed by atoms with E-state index in [1.165, 1.54) is 18.2 Å². The third-order valence-corrected chi connectivity index (χ3v) is 7.86. The van der Waals surface area contributed by atoms with Crippen LogP contribution in [-0.2, 0) is 16.1 Å². The molecule has 2 amide bonds. The number of halogens is 3. The molecular weight excluding hydrogens is 565 g/mol. The van der Waals surface area contributed by atoms with E-state index >= 15 is 0 Å². The summed E-state index contributed by atoms with van der Waals surface area (Å²) >= 11 is 0. The van der Waals surface area contributed by atoms with Crippen molar-refractivity contribution in [3.05, 3.63) is 130 Å². The molecule has 9 heteroatoms. The van der Waals surface area contributed by atoms with Crippen molar-refractivity contribution >= 4 is 22.7 Å². The van der Waals surface area contributed by atoms with Gasteiger partial charge in [0.25, 0.3) is 5.91 Å². The zero-order valence-electron chi connectivity index (χ0n) is 25.0. The summed E-state index contributed by atoms with van der Waals surface area (Å²) in [6, 6.07) is 17.8. The smallest absolute Gasteiger partial charge is 0.250 e. The van der Waals surface area contributed by atoms with E-state index < -0.39 is 23.5 Å². The summed E-state index contributed by atoms with van der Waals surface area (Å²) in [5, 5.41) is 7.20. The highest BCUT2D eigenvalue weighted by molar-refractivity contribution is 6.05. The van der Waals surface area contributed by atoms with Gasteiger partial charge in [0.05, 0.1) is 11.6 Å². The highest BCUT2D eigenvalue weighted by atomic mass is 19.2. The number of carbonyl (C=O) groups is 2. The second-order valence-electron chi connectivity index (χ2n) is 11.7. The lowest BCUT2D eigenvalue weighted by molar-refractivity contribution is -0.117. The quantitative estimate of drug-likeness (QED) is 0.241. The monoisotopic (exact) mass is 600 g/mol. The molecule has 6 nitrogen and oxygen atoms in total. The highest BCUT2D eigenvalue weighted by Crippen LogP contribution is 2.42. The van der Waals surface area contributed by atoms with Crippen LogP contribution in [0.4, 0.5) is 13.2 Å². The van der Waals surface area contributed by atoms with E-state index in [1.807, 2.05) is 48.9 Å². The van der Waals surface area contributed by atoms with E-state index in [1.54, 1.807) is 18.2 Å². The van der Waals surface area contributed by atoms with Gasteiger partial charge in [0.1, 0.15) is 5.82 Å². The number of allylic oxidation sites excluding steroid dienone is 1. The normalized spacial score (nSPS) is 17.8. The van der Waals surface area contributed by atoms with Gasteiger partial charge in [0.15, 0.2) is 11.6 Å². The van der Waals surface area contributed by atoms with Crippen molar-refractivity contribution in [1.29, 1.82) is 0 Å². The minimum atomic E-state index is -0.881. The molecule has 4 aromatic rings. The zero-order chi connectivity index (χ0) is 31.7. The first-order valence-electron chi connectivity index (χ1n) is 14.5. The van der Waals surface area contributed by atoms with Gasteiger partial charge in [-0.25, -0.2) is 13.2 Å². The molecular formula is C35H35F3N4O2. The zero-order valence-corrected chi connectivity index (χ0v) is 25.0. The second kappa shape index (κ2) is 12.4. The van der Waals surface area contributed by atoms with Crippen molar-refractivity contribution in [2.45, 2.75) is 52.6 Å². The van der Waals surface area contributed by atoms with Crippen molar-refractivity contribution in [1.82, 2.24) is 15.2 Å². The molecule has 0 saturated heterocycles. The predicted octanol–water partition coefficient (Wildman–Crippen LogP) is 6.35. The van der Waals surface area contributed by atoms with Gasteiger partial charge in [-0.2, -0.15) is 0 Å². The Kier molecular flexibility index (Phi) is 8.67. The molecule has 44 heavy (non-hydrogen) atoms. The lowest BCUT2D eigenvalue weighted by Crippen LogP contribution is -2.34. The minimum absolute atomic E-state index is 0.171. The third kappa shape index (κ3) is 6.27. The number of fused-ring (bicyclic) bond motifs is 1. The molecule has 0 fully saturated rings. The minimum Gasteiger partial charge on any atom is -0.366 e. The van der Waals surface area contributed by atoms with E-state index in [-0.39, 0.29) is 23.7 Å². The molecule has 3 heterocycles. The number of rotatable bonds is 6. The summed E-state index contributed by atoms with van der Waals surface area (Å²) in [6.07, 6.45) is 2.50. The molecule has 4 N–H and O–H groups in total. The van der Waals surface area contributed by atoms with Crippen molar-refractivity contribution in [3.8, 4) is 0 Å². The molecule has 228 valence electrons. The molecule has 0 spiro atoms. The number of primary amides is 1. The number of hydrogen-bond donors (Lipinski definition) is 3. The fraction of sp³-hybridized carbons (Fsp3) is 0.257. The van der Waals surface area contributed by atoms with Crippen molar-refractivity contribution < 1.29 is 22.8 Å². The van der Waals surface area contributed by atoms with E-state index in [4.69, 9.17) is 5.73 Å². The summed E-state index contributed by atoms with van der Waals surface area (Å²) in [5.74, 6) is -3.01. The Labute approximate surface area is 254 Å². The Hall–Kier alpha value is -4.79. The first-order valence-corrected chi connectivity index (χ1v) is 14.5. The van der Waals surface area contributed by atoms with Crippen LogP contribution in [0.5, 0.6) is 0 Å². The number of benzene rings is 3. The van der Waals surface area contributed by atoms with Gasteiger partial charge in [0, 0.05) is 41.1 Å². The molecule has 3 aromatic carbocycles. The number of aromatic nitrogens is 1. The van der Waals surface area contributed by atoms with Crippen LogP contribution in [0.1, 0.15) is 49.8 Å². The maximum Gasteiger partial charge on any atom is 0.250 e. The summed E-state index contributed by atoms with van der Waals surface area (Å²) < 4.78 is 41.0. The van der Waals surface area contributed by atoms with E-state index in [0.29, 0.717) is 29.7 Å². The van der Waals surface area contributed by atoms with Gasteiger partial charge in [-0.15, -0.1) is 0 Å². The van der Waals surface area contributed by atoms with Gasteiger partial charge in [-0.3, -0.25) is 9.59 Å². The summed E-state index contributed by atoms with van der Waals surface area (Å²) in [7, 11) is 0.